The number of carbonyl (C=O) groups is 1. The maximum Gasteiger partial charge on any atom is 0.224 e. The van der Waals surface area contributed by atoms with Crippen molar-refractivity contribution in [2.24, 2.45) is 17.6 Å². The van der Waals surface area contributed by atoms with Gasteiger partial charge >= 0.3 is 0 Å². The summed E-state index contributed by atoms with van der Waals surface area (Å²) in [6.45, 7) is 5.52. The van der Waals surface area contributed by atoms with E-state index in [2.05, 4.69) is 10.2 Å². The van der Waals surface area contributed by atoms with Crippen LogP contribution in [0.15, 0.2) is 0 Å². The zero-order valence-corrected chi connectivity index (χ0v) is 10.1. The van der Waals surface area contributed by atoms with Gasteiger partial charge in [-0.3, -0.25) is 4.79 Å². The molecule has 2 rings (SSSR count). The fourth-order valence-corrected chi connectivity index (χ4v) is 2.33. The van der Waals surface area contributed by atoms with E-state index in [1.807, 2.05) is 6.92 Å². The molecule has 1 saturated carbocycles. The molecule has 2 unspecified atom stereocenters. The van der Waals surface area contributed by atoms with Crippen LogP contribution in [0, 0.1) is 11.8 Å². The molecule has 0 bridgehead atoms. The number of likely N-dealkylation sites (tertiary alicyclic amines) is 1. The minimum atomic E-state index is -0.0547. The Hall–Kier alpha value is -0.610. The third kappa shape index (κ3) is 2.95. The summed E-state index contributed by atoms with van der Waals surface area (Å²) >= 11 is 0. The predicted molar refractivity (Wildman–Crippen MR) is 63.9 cm³/mol. The average Bonchev–Trinajstić information content (AvgIpc) is 3.05. The van der Waals surface area contributed by atoms with E-state index in [1.165, 1.54) is 32.4 Å². The number of carbonyl (C=O) groups excluding carboxylic acids is 1. The van der Waals surface area contributed by atoms with Crippen LogP contribution in [-0.4, -0.2) is 43.0 Å². The lowest BCUT2D eigenvalue weighted by Crippen LogP contribution is -2.37. The smallest absolute Gasteiger partial charge is 0.224 e. The normalized spacial score (nSPS) is 28.0. The molecule has 4 nitrogen and oxygen atoms in total. The lowest BCUT2D eigenvalue weighted by atomic mass is 10.1. The number of rotatable bonds is 5. The third-order valence-corrected chi connectivity index (χ3v) is 3.75. The summed E-state index contributed by atoms with van der Waals surface area (Å²) in [5.41, 5.74) is 5.46. The van der Waals surface area contributed by atoms with Crippen LogP contribution in [0.1, 0.15) is 26.2 Å². The highest BCUT2D eigenvalue weighted by molar-refractivity contribution is 5.78. The predicted octanol–water partition coefficient (Wildman–Crippen LogP) is 0.182. The van der Waals surface area contributed by atoms with Crippen molar-refractivity contribution in [1.29, 1.82) is 0 Å². The Kier molecular flexibility index (Phi) is 3.82. The lowest BCUT2D eigenvalue weighted by molar-refractivity contribution is -0.124. The molecule has 1 aliphatic heterocycles. The first-order chi connectivity index (χ1) is 7.70. The van der Waals surface area contributed by atoms with Crippen molar-refractivity contribution < 1.29 is 4.79 Å². The molecule has 0 spiro atoms. The quantitative estimate of drug-likeness (QED) is 0.702. The maximum atomic E-state index is 11.6. The first-order valence-corrected chi connectivity index (χ1v) is 6.42. The van der Waals surface area contributed by atoms with Crippen LogP contribution < -0.4 is 11.1 Å². The highest BCUT2D eigenvalue weighted by atomic mass is 16.1. The molecular weight excluding hydrogens is 202 g/mol. The number of nitrogens with one attached hydrogen (secondary N) is 1. The minimum Gasteiger partial charge on any atom is -0.356 e. The number of amides is 1. The van der Waals surface area contributed by atoms with Gasteiger partial charge < -0.3 is 16.0 Å². The molecule has 2 atom stereocenters. The standard InChI is InChI=1S/C12H23N3O/c1-9(6-13)12(16)14-7-10-4-5-15(8-10)11-2-3-11/h9-11H,2-8,13H2,1H3,(H,14,16). The molecule has 4 heteroatoms. The van der Waals surface area contributed by atoms with Crippen molar-refractivity contribution in [3.63, 3.8) is 0 Å². The SMILES string of the molecule is CC(CN)C(=O)NCC1CCN(C2CC2)C1. The fraction of sp³-hybridized carbons (Fsp3) is 0.917. The van der Waals surface area contributed by atoms with E-state index in [0.29, 0.717) is 12.5 Å². The summed E-state index contributed by atoms with van der Waals surface area (Å²) in [6.07, 6.45) is 3.99. The molecule has 16 heavy (non-hydrogen) atoms. The Bertz CT molecular complexity index is 253. The highest BCUT2D eigenvalue weighted by Crippen LogP contribution is 2.31. The second-order valence-electron chi connectivity index (χ2n) is 5.26. The van der Waals surface area contributed by atoms with Gasteiger partial charge in [-0.15, -0.1) is 0 Å². The summed E-state index contributed by atoms with van der Waals surface area (Å²) in [7, 11) is 0. The van der Waals surface area contributed by atoms with E-state index in [4.69, 9.17) is 5.73 Å². The summed E-state index contributed by atoms with van der Waals surface area (Å²) in [6, 6.07) is 0.865. The molecule has 0 aromatic rings. The Labute approximate surface area is 97.6 Å². The molecule has 0 aromatic heterocycles. The summed E-state index contributed by atoms with van der Waals surface area (Å²) in [5, 5.41) is 3.01. The second kappa shape index (κ2) is 5.15. The average molecular weight is 225 g/mol. The van der Waals surface area contributed by atoms with Crippen LogP contribution >= 0.6 is 0 Å². The molecule has 1 saturated heterocycles. The van der Waals surface area contributed by atoms with Gasteiger partial charge in [0, 0.05) is 31.6 Å². The van der Waals surface area contributed by atoms with Gasteiger partial charge in [-0.1, -0.05) is 6.92 Å². The summed E-state index contributed by atoms with van der Waals surface area (Å²) < 4.78 is 0. The van der Waals surface area contributed by atoms with Gasteiger partial charge in [0.2, 0.25) is 5.91 Å². The van der Waals surface area contributed by atoms with E-state index >= 15 is 0 Å². The Morgan fingerprint density at radius 2 is 2.25 bits per heavy atom. The third-order valence-electron chi connectivity index (χ3n) is 3.75. The van der Waals surface area contributed by atoms with Crippen molar-refractivity contribution in [1.82, 2.24) is 10.2 Å². The zero-order chi connectivity index (χ0) is 11.5. The molecule has 2 fully saturated rings. The van der Waals surface area contributed by atoms with Crippen LogP contribution in [-0.2, 0) is 4.79 Å². The fourth-order valence-electron chi connectivity index (χ4n) is 2.33. The van der Waals surface area contributed by atoms with Crippen LogP contribution in [0.2, 0.25) is 0 Å². The molecule has 0 radical (unpaired) electrons. The monoisotopic (exact) mass is 225 g/mol. The molecule has 92 valence electrons. The molecule has 1 heterocycles. The van der Waals surface area contributed by atoms with Crippen LogP contribution in [0.25, 0.3) is 0 Å². The zero-order valence-electron chi connectivity index (χ0n) is 10.1. The van der Waals surface area contributed by atoms with Crippen molar-refractivity contribution in [3.05, 3.63) is 0 Å². The Balaban J connectivity index is 1.65. The number of nitrogens with two attached hydrogens (primary N) is 1. The van der Waals surface area contributed by atoms with Crippen LogP contribution in [0.4, 0.5) is 0 Å². The molecular formula is C12H23N3O. The van der Waals surface area contributed by atoms with E-state index in [-0.39, 0.29) is 11.8 Å². The van der Waals surface area contributed by atoms with Crippen LogP contribution in [0.3, 0.4) is 0 Å². The van der Waals surface area contributed by atoms with Gasteiger partial charge in [0.1, 0.15) is 0 Å². The minimum absolute atomic E-state index is 0.0547. The van der Waals surface area contributed by atoms with Crippen molar-refractivity contribution in [2.45, 2.75) is 32.2 Å². The molecule has 0 aromatic carbocycles. The van der Waals surface area contributed by atoms with Gasteiger partial charge in [0.25, 0.3) is 0 Å². The first kappa shape index (κ1) is 11.9. The molecule has 2 aliphatic rings. The van der Waals surface area contributed by atoms with Gasteiger partial charge in [0.05, 0.1) is 0 Å². The number of hydrogen-bond donors (Lipinski definition) is 2. The number of hydrogen-bond acceptors (Lipinski definition) is 3. The Morgan fingerprint density at radius 1 is 1.50 bits per heavy atom. The van der Waals surface area contributed by atoms with Crippen molar-refractivity contribution in [2.75, 3.05) is 26.2 Å². The second-order valence-corrected chi connectivity index (χ2v) is 5.26. The first-order valence-electron chi connectivity index (χ1n) is 6.42. The van der Waals surface area contributed by atoms with Crippen molar-refractivity contribution in [3.8, 4) is 0 Å². The van der Waals surface area contributed by atoms with Gasteiger partial charge in [-0.25, -0.2) is 0 Å². The number of nitrogens with zero attached hydrogens (tertiary/aromatic N) is 1. The van der Waals surface area contributed by atoms with E-state index in [1.54, 1.807) is 0 Å². The van der Waals surface area contributed by atoms with Crippen molar-refractivity contribution >= 4 is 5.91 Å². The largest absolute Gasteiger partial charge is 0.356 e. The van der Waals surface area contributed by atoms with Crippen LogP contribution in [0.5, 0.6) is 0 Å². The molecule has 3 N–H and O–H groups in total. The van der Waals surface area contributed by atoms with E-state index < -0.39 is 0 Å². The topological polar surface area (TPSA) is 58.4 Å². The Morgan fingerprint density at radius 3 is 2.88 bits per heavy atom. The maximum absolute atomic E-state index is 11.6. The van der Waals surface area contributed by atoms with E-state index in [9.17, 15) is 4.79 Å². The highest BCUT2D eigenvalue weighted by Gasteiger charge is 2.34. The summed E-state index contributed by atoms with van der Waals surface area (Å²) in [5.74, 6) is 0.697. The lowest BCUT2D eigenvalue weighted by Gasteiger charge is -2.16. The van der Waals surface area contributed by atoms with Gasteiger partial charge in [-0.05, 0) is 31.7 Å². The van der Waals surface area contributed by atoms with Gasteiger partial charge in [-0.2, -0.15) is 0 Å². The molecule has 1 amide bonds. The summed E-state index contributed by atoms with van der Waals surface area (Å²) in [4.78, 5) is 14.1. The molecule has 1 aliphatic carbocycles. The van der Waals surface area contributed by atoms with E-state index in [0.717, 1.165) is 12.6 Å². The van der Waals surface area contributed by atoms with Gasteiger partial charge in [0.15, 0.2) is 0 Å².